The highest BCUT2D eigenvalue weighted by atomic mass is 32.1. The second kappa shape index (κ2) is 12.2. The number of anilines is 2. The van der Waals surface area contributed by atoms with Gasteiger partial charge in [-0.2, -0.15) is 4.37 Å². The van der Waals surface area contributed by atoms with Crippen molar-refractivity contribution in [3.05, 3.63) is 28.8 Å². The van der Waals surface area contributed by atoms with Crippen LogP contribution >= 0.6 is 11.5 Å². The van der Waals surface area contributed by atoms with E-state index in [9.17, 15) is 14.4 Å². The third-order valence-corrected chi connectivity index (χ3v) is 6.07. The van der Waals surface area contributed by atoms with Gasteiger partial charge in [0.05, 0.1) is 25.6 Å². The zero-order valence-corrected chi connectivity index (χ0v) is 21.0. The number of rotatable bonds is 12. The molecule has 5 N–H and O–H groups in total. The molecular weight excluding hydrogens is 458 g/mol. The van der Waals surface area contributed by atoms with Crippen molar-refractivity contribution in [2.75, 3.05) is 31.4 Å². The molecule has 1 aromatic heterocycles. The van der Waals surface area contributed by atoms with Gasteiger partial charge < -0.3 is 26.3 Å². The summed E-state index contributed by atoms with van der Waals surface area (Å²) in [4.78, 5) is 40.1. The largest absolute Gasteiger partial charge is 0.497 e. The van der Waals surface area contributed by atoms with Gasteiger partial charge in [-0.15, -0.1) is 0 Å². The average molecular weight is 492 g/mol. The number of nitrogens with one attached hydrogen (secondary N) is 1. The van der Waals surface area contributed by atoms with E-state index in [-0.39, 0.29) is 22.2 Å². The van der Waals surface area contributed by atoms with E-state index >= 15 is 0 Å². The average Bonchev–Trinajstić information content (AvgIpc) is 3.19. The fourth-order valence-corrected chi connectivity index (χ4v) is 4.14. The maximum Gasteiger partial charge on any atom is 0.272 e. The maximum absolute atomic E-state index is 13.8. The van der Waals surface area contributed by atoms with Gasteiger partial charge >= 0.3 is 0 Å². The smallest absolute Gasteiger partial charge is 0.272 e. The van der Waals surface area contributed by atoms with Crippen LogP contribution in [0.3, 0.4) is 0 Å². The molecule has 0 spiro atoms. The fraction of sp³-hybridized carbons (Fsp3) is 0.478. The number of nitrogens with two attached hydrogens (primary N) is 2. The first-order valence-electron chi connectivity index (χ1n) is 11.0. The lowest BCUT2D eigenvalue weighted by molar-refractivity contribution is -0.122. The van der Waals surface area contributed by atoms with E-state index in [2.05, 4.69) is 23.5 Å². The Bertz CT molecular complexity index is 1020. The topological polar surface area (TPSA) is 150 Å². The molecule has 0 bridgehead atoms. The van der Waals surface area contributed by atoms with Crippen LogP contribution in [0.25, 0.3) is 0 Å². The van der Waals surface area contributed by atoms with E-state index in [4.69, 9.17) is 20.9 Å². The molecule has 2 aromatic rings. The van der Waals surface area contributed by atoms with Crippen molar-refractivity contribution in [1.29, 1.82) is 0 Å². The molecule has 1 aromatic carbocycles. The van der Waals surface area contributed by atoms with E-state index in [1.54, 1.807) is 18.2 Å². The van der Waals surface area contributed by atoms with Gasteiger partial charge in [0.15, 0.2) is 5.69 Å². The molecule has 3 amide bonds. The molecule has 0 saturated heterocycles. The summed E-state index contributed by atoms with van der Waals surface area (Å²) in [6, 6.07) is 4.08. The van der Waals surface area contributed by atoms with Gasteiger partial charge in [0, 0.05) is 12.6 Å². The molecule has 0 unspecified atom stereocenters. The second-order valence-corrected chi connectivity index (χ2v) is 8.90. The van der Waals surface area contributed by atoms with Crippen LogP contribution in [0, 0.1) is 5.92 Å². The van der Waals surface area contributed by atoms with Crippen LogP contribution in [-0.2, 0) is 4.79 Å². The summed E-state index contributed by atoms with van der Waals surface area (Å²) in [7, 11) is 2.98. The minimum Gasteiger partial charge on any atom is -0.497 e. The zero-order valence-electron chi connectivity index (χ0n) is 20.2. The van der Waals surface area contributed by atoms with Gasteiger partial charge in [0.2, 0.25) is 5.91 Å². The molecular formula is C23H33N5O5S. The van der Waals surface area contributed by atoms with Crippen LogP contribution in [0.4, 0.5) is 11.4 Å². The number of primary amides is 1. The van der Waals surface area contributed by atoms with Gasteiger partial charge in [-0.05, 0) is 42.4 Å². The van der Waals surface area contributed by atoms with E-state index < -0.39 is 17.9 Å². The molecule has 34 heavy (non-hydrogen) atoms. The molecule has 186 valence electrons. The van der Waals surface area contributed by atoms with Crippen LogP contribution in [-0.4, -0.2) is 48.9 Å². The molecule has 0 radical (unpaired) electrons. The highest BCUT2D eigenvalue weighted by molar-refractivity contribution is 7.09. The number of carbonyl (C=O) groups excluding carboxylic acids is 3. The zero-order chi connectivity index (χ0) is 25.4. The molecule has 0 aliphatic carbocycles. The van der Waals surface area contributed by atoms with Crippen LogP contribution in [0.15, 0.2) is 18.2 Å². The number of nitrogens with zero attached hydrogens (tertiary/aromatic N) is 2. The molecule has 10 nitrogen and oxygen atoms in total. The molecule has 0 aliphatic rings. The third-order valence-electron chi connectivity index (χ3n) is 5.22. The normalized spacial score (nSPS) is 11.7. The number of hydrogen-bond acceptors (Lipinski definition) is 8. The minimum atomic E-state index is -0.856. The summed E-state index contributed by atoms with van der Waals surface area (Å²) >= 11 is 0.761. The Kier molecular flexibility index (Phi) is 9.67. The van der Waals surface area contributed by atoms with Gasteiger partial charge in [-0.1, -0.05) is 27.2 Å². The van der Waals surface area contributed by atoms with Crippen molar-refractivity contribution in [2.24, 2.45) is 11.7 Å². The molecule has 0 saturated carbocycles. The predicted octanol–water partition coefficient (Wildman–Crippen LogP) is 2.82. The number of nitrogen functional groups attached to an aromatic ring is 1. The maximum atomic E-state index is 13.8. The number of benzene rings is 1. The van der Waals surface area contributed by atoms with E-state index in [0.717, 1.165) is 18.0 Å². The number of methoxy groups -OCH3 is 2. The highest BCUT2D eigenvalue weighted by Crippen LogP contribution is 2.36. The van der Waals surface area contributed by atoms with E-state index in [0.29, 0.717) is 42.5 Å². The van der Waals surface area contributed by atoms with Crippen molar-refractivity contribution >= 4 is 40.6 Å². The Morgan fingerprint density at radius 3 is 2.41 bits per heavy atom. The van der Waals surface area contributed by atoms with Crippen molar-refractivity contribution in [3.63, 3.8) is 0 Å². The lowest BCUT2D eigenvalue weighted by Crippen LogP contribution is -2.50. The Morgan fingerprint density at radius 1 is 1.18 bits per heavy atom. The molecule has 2 rings (SSSR count). The van der Waals surface area contributed by atoms with Gasteiger partial charge in [-0.25, -0.2) is 0 Å². The standard InChI is InChI=1S/C23H33N5O5S/c1-6-7-16(22(30)26-11-10-13(2)3)28(15-9-8-14(32-4)12-17(15)33-5)23(31)20-18(24)19(21(25)29)27-34-20/h8-9,12-13,16H,6-7,10-11,24H2,1-5H3,(H2,25,29)(H,26,30)/t16-/m1/s1. The lowest BCUT2D eigenvalue weighted by Gasteiger charge is -2.32. The quantitative estimate of drug-likeness (QED) is 0.413. The van der Waals surface area contributed by atoms with Crippen molar-refractivity contribution < 1.29 is 23.9 Å². The number of hydrogen-bond donors (Lipinski definition) is 3. The SMILES string of the molecule is CCC[C@H](C(=O)NCCC(C)C)N(C(=O)c1snc(C(N)=O)c1N)c1ccc(OC)cc1OC. The number of aromatic nitrogens is 1. The van der Waals surface area contributed by atoms with Gasteiger partial charge in [-0.3, -0.25) is 19.3 Å². The van der Waals surface area contributed by atoms with Crippen LogP contribution in [0.5, 0.6) is 11.5 Å². The Morgan fingerprint density at radius 2 is 1.88 bits per heavy atom. The van der Waals surface area contributed by atoms with Crippen LogP contribution < -0.4 is 31.2 Å². The molecule has 11 heteroatoms. The highest BCUT2D eigenvalue weighted by Gasteiger charge is 2.35. The first kappa shape index (κ1) is 26.9. The van der Waals surface area contributed by atoms with Crippen molar-refractivity contribution in [3.8, 4) is 11.5 Å². The molecule has 1 atom stereocenters. The van der Waals surface area contributed by atoms with E-state index in [1.165, 1.54) is 19.1 Å². The van der Waals surface area contributed by atoms with Gasteiger partial charge in [0.1, 0.15) is 22.4 Å². The fourth-order valence-electron chi connectivity index (χ4n) is 3.39. The third kappa shape index (κ3) is 6.16. The number of amides is 3. The summed E-state index contributed by atoms with van der Waals surface area (Å²) in [6.45, 7) is 6.54. The Labute approximate surface area is 203 Å². The second-order valence-electron chi connectivity index (χ2n) is 8.13. The summed E-state index contributed by atoms with van der Waals surface area (Å²) in [5.74, 6) is -0.446. The number of carbonyl (C=O) groups is 3. The first-order valence-corrected chi connectivity index (χ1v) is 11.8. The molecule has 1 heterocycles. The lowest BCUT2D eigenvalue weighted by atomic mass is 10.1. The first-order chi connectivity index (χ1) is 16.2. The summed E-state index contributed by atoms with van der Waals surface area (Å²) < 4.78 is 14.7. The van der Waals surface area contributed by atoms with Crippen LogP contribution in [0.1, 0.15) is 60.2 Å². The van der Waals surface area contributed by atoms with Crippen molar-refractivity contribution in [1.82, 2.24) is 9.69 Å². The minimum absolute atomic E-state index is 0.0164. The van der Waals surface area contributed by atoms with Crippen molar-refractivity contribution in [2.45, 2.75) is 46.1 Å². The predicted molar refractivity (Wildman–Crippen MR) is 133 cm³/mol. The van der Waals surface area contributed by atoms with E-state index in [1.807, 2.05) is 6.92 Å². The van der Waals surface area contributed by atoms with Gasteiger partial charge in [0.25, 0.3) is 11.8 Å². The number of ether oxygens (including phenoxy) is 2. The molecule has 0 aliphatic heterocycles. The Balaban J connectivity index is 2.61. The Hall–Kier alpha value is -3.34. The summed E-state index contributed by atoms with van der Waals surface area (Å²) in [6.07, 6.45) is 1.82. The van der Waals surface area contributed by atoms with Crippen LogP contribution in [0.2, 0.25) is 0 Å². The monoisotopic (exact) mass is 491 g/mol. The summed E-state index contributed by atoms with van der Waals surface area (Å²) in [5, 5.41) is 2.94. The molecule has 0 fully saturated rings. The summed E-state index contributed by atoms with van der Waals surface area (Å²) in [5.41, 5.74) is 11.4.